The first kappa shape index (κ1) is 12.2. The van der Waals surface area contributed by atoms with Gasteiger partial charge in [0.05, 0.1) is 4.92 Å². The second-order valence-electron chi connectivity index (χ2n) is 4.27. The van der Waals surface area contributed by atoms with Crippen molar-refractivity contribution in [2.45, 2.75) is 6.54 Å². The third-order valence-electron chi connectivity index (χ3n) is 2.87. The van der Waals surface area contributed by atoms with Gasteiger partial charge in [-0.15, -0.1) is 0 Å². The number of fused-ring (bicyclic) bond motifs is 1. The number of nitro groups is 1. The van der Waals surface area contributed by atoms with E-state index in [1.54, 1.807) is 6.07 Å². The number of anilines is 1. The van der Waals surface area contributed by atoms with E-state index >= 15 is 0 Å². The van der Waals surface area contributed by atoms with E-state index in [0.717, 1.165) is 5.56 Å². The summed E-state index contributed by atoms with van der Waals surface area (Å²) in [5.74, 6) is 0. The maximum atomic E-state index is 10.7. The molecule has 1 aromatic heterocycles. The Hall–Kier alpha value is -2.89. The second-order valence-corrected chi connectivity index (χ2v) is 4.27. The van der Waals surface area contributed by atoms with Crippen molar-refractivity contribution in [2.75, 3.05) is 5.32 Å². The molecule has 0 bridgehead atoms. The molecule has 0 aliphatic heterocycles. The number of nitro benzene ring substituents is 1. The number of oxazole rings is 1. The Morgan fingerprint density at radius 1 is 1.20 bits per heavy atom. The zero-order valence-corrected chi connectivity index (χ0v) is 10.4. The maximum Gasteiger partial charge on any atom is 0.295 e. The lowest BCUT2D eigenvalue weighted by Crippen LogP contribution is -1.98. The molecular weight excluding hydrogens is 258 g/mol. The van der Waals surface area contributed by atoms with Crippen LogP contribution in [0.1, 0.15) is 5.56 Å². The first-order valence-electron chi connectivity index (χ1n) is 6.05. The quantitative estimate of drug-likeness (QED) is 0.580. The van der Waals surface area contributed by atoms with Crippen molar-refractivity contribution in [3.63, 3.8) is 0 Å². The molecule has 2 aromatic carbocycles. The molecule has 0 aliphatic carbocycles. The Morgan fingerprint density at radius 2 is 2.00 bits per heavy atom. The van der Waals surface area contributed by atoms with Crippen LogP contribution in [0.2, 0.25) is 0 Å². The number of nitrogens with one attached hydrogen (secondary N) is 1. The van der Waals surface area contributed by atoms with E-state index in [-0.39, 0.29) is 5.69 Å². The van der Waals surface area contributed by atoms with Crippen LogP contribution in [-0.2, 0) is 6.54 Å². The van der Waals surface area contributed by atoms with Gasteiger partial charge in [-0.1, -0.05) is 30.3 Å². The molecule has 0 saturated carbocycles. The normalized spacial score (nSPS) is 10.6. The highest BCUT2D eigenvalue weighted by Crippen LogP contribution is 2.23. The number of hydrogen-bond acceptors (Lipinski definition) is 5. The average Bonchev–Trinajstić information content (AvgIpc) is 2.88. The van der Waals surface area contributed by atoms with Crippen LogP contribution in [-0.4, -0.2) is 9.91 Å². The zero-order chi connectivity index (χ0) is 13.9. The molecule has 1 heterocycles. The zero-order valence-electron chi connectivity index (χ0n) is 10.4. The molecule has 0 saturated heterocycles. The summed E-state index contributed by atoms with van der Waals surface area (Å²) in [5.41, 5.74) is 2.09. The Morgan fingerprint density at radius 3 is 2.75 bits per heavy atom. The van der Waals surface area contributed by atoms with Gasteiger partial charge >= 0.3 is 0 Å². The Kier molecular flexibility index (Phi) is 3.04. The van der Waals surface area contributed by atoms with E-state index in [2.05, 4.69) is 10.3 Å². The van der Waals surface area contributed by atoms with Crippen molar-refractivity contribution in [3.05, 3.63) is 64.2 Å². The lowest BCUT2D eigenvalue weighted by atomic mass is 10.2. The Labute approximate surface area is 114 Å². The van der Waals surface area contributed by atoms with Gasteiger partial charge in [0, 0.05) is 18.7 Å². The van der Waals surface area contributed by atoms with Crippen LogP contribution in [0.4, 0.5) is 11.7 Å². The van der Waals surface area contributed by atoms with Crippen LogP contribution >= 0.6 is 0 Å². The Bertz CT molecular complexity index is 753. The number of hydrogen-bond donors (Lipinski definition) is 1. The summed E-state index contributed by atoms with van der Waals surface area (Å²) in [4.78, 5) is 14.4. The van der Waals surface area contributed by atoms with Crippen molar-refractivity contribution in [3.8, 4) is 0 Å². The van der Waals surface area contributed by atoms with E-state index in [1.807, 2.05) is 30.3 Å². The van der Waals surface area contributed by atoms with E-state index in [1.165, 1.54) is 12.1 Å². The van der Waals surface area contributed by atoms with Crippen LogP contribution in [0, 0.1) is 10.1 Å². The number of nitrogens with zero attached hydrogens (tertiary/aromatic N) is 2. The van der Waals surface area contributed by atoms with E-state index in [4.69, 9.17) is 4.42 Å². The third-order valence-corrected chi connectivity index (χ3v) is 2.87. The average molecular weight is 269 g/mol. The maximum absolute atomic E-state index is 10.7. The van der Waals surface area contributed by atoms with Gasteiger partial charge in [-0.05, 0) is 11.6 Å². The number of rotatable bonds is 4. The van der Waals surface area contributed by atoms with Gasteiger partial charge in [-0.3, -0.25) is 10.1 Å². The van der Waals surface area contributed by atoms with Gasteiger partial charge < -0.3 is 9.73 Å². The molecule has 100 valence electrons. The summed E-state index contributed by atoms with van der Waals surface area (Å²) >= 11 is 0. The fourth-order valence-corrected chi connectivity index (χ4v) is 1.88. The van der Waals surface area contributed by atoms with Gasteiger partial charge in [0.25, 0.3) is 11.7 Å². The minimum absolute atomic E-state index is 0.000379. The van der Waals surface area contributed by atoms with Crippen molar-refractivity contribution >= 4 is 22.8 Å². The molecule has 0 aliphatic rings. The molecule has 0 atom stereocenters. The lowest BCUT2D eigenvalue weighted by molar-refractivity contribution is -0.384. The predicted octanol–water partition coefficient (Wildman–Crippen LogP) is 3.35. The second kappa shape index (κ2) is 5.00. The topological polar surface area (TPSA) is 81.2 Å². The summed E-state index contributed by atoms with van der Waals surface area (Å²) in [6, 6.07) is 14.5. The lowest BCUT2D eigenvalue weighted by Gasteiger charge is -2.00. The first-order chi connectivity index (χ1) is 9.72. The van der Waals surface area contributed by atoms with Crippen molar-refractivity contribution < 1.29 is 9.34 Å². The summed E-state index contributed by atoms with van der Waals surface area (Å²) in [5, 5.41) is 13.7. The van der Waals surface area contributed by atoms with Crippen LogP contribution in [0.3, 0.4) is 0 Å². The molecule has 1 N–H and O–H groups in total. The molecule has 0 unspecified atom stereocenters. The highest BCUT2D eigenvalue weighted by atomic mass is 16.6. The van der Waals surface area contributed by atoms with Crippen LogP contribution in [0.15, 0.2) is 52.9 Å². The molecule has 6 nitrogen and oxygen atoms in total. The number of aromatic nitrogens is 1. The molecule has 3 rings (SSSR count). The molecule has 0 fully saturated rings. The van der Waals surface area contributed by atoms with Crippen LogP contribution in [0.25, 0.3) is 11.1 Å². The van der Waals surface area contributed by atoms with Crippen molar-refractivity contribution in [1.82, 2.24) is 4.98 Å². The van der Waals surface area contributed by atoms with Gasteiger partial charge in [-0.2, -0.15) is 4.98 Å². The van der Waals surface area contributed by atoms with Crippen LogP contribution < -0.4 is 5.32 Å². The minimum Gasteiger partial charge on any atom is -0.424 e. The number of benzene rings is 2. The minimum atomic E-state index is -0.453. The predicted molar refractivity (Wildman–Crippen MR) is 74.4 cm³/mol. The van der Waals surface area contributed by atoms with E-state index < -0.39 is 4.92 Å². The molecular formula is C14H11N3O3. The van der Waals surface area contributed by atoms with Gasteiger partial charge in [0.15, 0.2) is 5.58 Å². The van der Waals surface area contributed by atoms with Gasteiger partial charge in [0.1, 0.15) is 5.52 Å². The van der Waals surface area contributed by atoms with Gasteiger partial charge in [0.2, 0.25) is 0 Å². The third kappa shape index (κ3) is 2.44. The highest BCUT2D eigenvalue weighted by molar-refractivity contribution is 5.77. The van der Waals surface area contributed by atoms with Crippen molar-refractivity contribution in [2.24, 2.45) is 0 Å². The summed E-state index contributed by atoms with van der Waals surface area (Å²) in [6.45, 7) is 0.579. The monoisotopic (exact) mass is 269 g/mol. The van der Waals surface area contributed by atoms with E-state index in [9.17, 15) is 10.1 Å². The molecule has 6 heteroatoms. The van der Waals surface area contributed by atoms with Gasteiger partial charge in [-0.25, -0.2) is 0 Å². The van der Waals surface area contributed by atoms with Crippen molar-refractivity contribution in [1.29, 1.82) is 0 Å². The first-order valence-corrected chi connectivity index (χ1v) is 6.05. The fraction of sp³-hybridized carbons (Fsp3) is 0.0714. The molecule has 20 heavy (non-hydrogen) atoms. The number of non-ortho nitro benzene ring substituents is 1. The largest absolute Gasteiger partial charge is 0.424 e. The Balaban J connectivity index is 1.80. The highest BCUT2D eigenvalue weighted by Gasteiger charge is 2.11. The van der Waals surface area contributed by atoms with Crippen LogP contribution in [0.5, 0.6) is 0 Å². The smallest absolute Gasteiger partial charge is 0.295 e. The summed E-state index contributed by atoms with van der Waals surface area (Å²) < 4.78 is 5.48. The summed E-state index contributed by atoms with van der Waals surface area (Å²) in [6.07, 6.45) is 0. The SMILES string of the molecule is O=[N+]([O-])c1ccc2oc(NCc3ccccc3)nc2c1. The molecule has 3 aromatic rings. The fourth-order valence-electron chi connectivity index (χ4n) is 1.88. The summed E-state index contributed by atoms with van der Waals surface area (Å²) in [7, 11) is 0. The van der Waals surface area contributed by atoms with E-state index in [0.29, 0.717) is 23.7 Å². The standard InChI is InChI=1S/C14H11N3O3/c18-17(19)11-6-7-13-12(8-11)16-14(20-13)15-9-10-4-2-1-3-5-10/h1-8H,9H2,(H,15,16). The molecule has 0 amide bonds. The molecule has 0 spiro atoms. The molecule has 0 radical (unpaired) electrons.